The zero-order chi connectivity index (χ0) is 11.7. The van der Waals surface area contributed by atoms with Crippen LogP contribution < -0.4 is 5.73 Å². The average Bonchev–Trinajstić information content (AvgIpc) is 3.03. The highest BCUT2D eigenvalue weighted by Crippen LogP contribution is 2.29. The van der Waals surface area contributed by atoms with Gasteiger partial charge in [0.2, 0.25) is 0 Å². The van der Waals surface area contributed by atoms with Gasteiger partial charge in [-0.2, -0.15) is 0 Å². The van der Waals surface area contributed by atoms with Gasteiger partial charge < -0.3 is 10.5 Å². The Labute approximate surface area is 91.2 Å². The van der Waals surface area contributed by atoms with Crippen molar-refractivity contribution in [2.75, 3.05) is 12.3 Å². The Balaban J connectivity index is 2.11. The van der Waals surface area contributed by atoms with Gasteiger partial charge in [0, 0.05) is 6.07 Å². The normalized spacial score (nSPS) is 14.9. The summed E-state index contributed by atoms with van der Waals surface area (Å²) in [4.78, 5) is 11.4. The molecule has 1 fully saturated rings. The number of benzene rings is 1. The van der Waals surface area contributed by atoms with Crippen molar-refractivity contribution in [1.82, 2.24) is 0 Å². The molecule has 2 rings (SSSR count). The number of carbonyl (C=O) groups excluding carboxylic acids is 1. The molecule has 0 radical (unpaired) electrons. The van der Waals surface area contributed by atoms with Crippen molar-refractivity contribution < 1.29 is 18.3 Å². The molecule has 0 amide bonds. The van der Waals surface area contributed by atoms with Gasteiger partial charge in [0.1, 0.15) is 11.6 Å². The summed E-state index contributed by atoms with van der Waals surface area (Å²) in [7, 11) is 0. The summed E-state index contributed by atoms with van der Waals surface area (Å²) in [5.41, 5.74) is 4.66. The molecule has 0 saturated heterocycles. The van der Waals surface area contributed by atoms with E-state index >= 15 is 0 Å². The van der Waals surface area contributed by atoms with Crippen LogP contribution in [0.5, 0.6) is 0 Å². The maximum absolute atomic E-state index is 13.2. The third-order valence-electron chi connectivity index (χ3n) is 2.45. The van der Waals surface area contributed by atoms with Crippen LogP contribution in [-0.2, 0) is 4.74 Å². The van der Waals surface area contributed by atoms with Crippen molar-refractivity contribution in [3.05, 3.63) is 29.3 Å². The van der Waals surface area contributed by atoms with Gasteiger partial charge in [-0.15, -0.1) is 0 Å². The number of esters is 1. The van der Waals surface area contributed by atoms with Crippen LogP contribution in [0.3, 0.4) is 0 Å². The first-order valence-corrected chi connectivity index (χ1v) is 4.99. The van der Waals surface area contributed by atoms with Gasteiger partial charge in [-0.25, -0.2) is 13.6 Å². The standard InChI is InChI=1S/C11H11F2NO2/c12-8-4-9(13)10(14)3-7(8)11(15)16-5-6-1-2-6/h3-4,6H,1-2,5,14H2. The second kappa shape index (κ2) is 4.08. The minimum Gasteiger partial charge on any atom is -0.462 e. The van der Waals surface area contributed by atoms with Crippen molar-refractivity contribution in [1.29, 1.82) is 0 Å². The minimum absolute atomic E-state index is 0.264. The summed E-state index contributed by atoms with van der Waals surface area (Å²) in [5, 5.41) is 0. The molecule has 0 aromatic heterocycles. The van der Waals surface area contributed by atoms with E-state index in [-0.39, 0.29) is 17.9 Å². The van der Waals surface area contributed by atoms with E-state index in [0.717, 1.165) is 18.9 Å². The lowest BCUT2D eigenvalue weighted by atomic mass is 10.2. The van der Waals surface area contributed by atoms with Crippen molar-refractivity contribution in [3.63, 3.8) is 0 Å². The highest BCUT2D eigenvalue weighted by Gasteiger charge is 2.24. The molecule has 3 nitrogen and oxygen atoms in total. The summed E-state index contributed by atoms with van der Waals surface area (Å²) in [6, 6.07) is 1.54. The molecule has 0 unspecified atom stereocenters. The van der Waals surface area contributed by atoms with E-state index in [1.807, 2.05) is 0 Å². The number of hydrogen-bond acceptors (Lipinski definition) is 3. The van der Waals surface area contributed by atoms with Gasteiger partial charge in [-0.05, 0) is 24.8 Å². The second-order valence-electron chi connectivity index (χ2n) is 3.90. The molecule has 1 aliphatic carbocycles. The summed E-state index contributed by atoms with van der Waals surface area (Å²) in [6.07, 6.45) is 2.06. The van der Waals surface area contributed by atoms with E-state index in [1.165, 1.54) is 0 Å². The molecule has 16 heavy (non-hydrogen) atoms. The molecule has 1 aromatic rings. The first-order valence-electron chi connectivity index (χ1n) is 4.99. The summed E-state index contributed by atoms with van der Waals surface area (Å²) >= 11 is 0. The maximum Gasteiger partial charge on any atom is 0.341 e. The first-order chi connectivity index (χ1) is 7.58. The SMILES string of the molecule is Nc1cc(C(=O)OCC2CC2)c(F)cc1F. The number of nitrogen functional groups attached to an aromatic ring is 1. The predicted molar refractivity (Wildman–Crippen MR) is 53.8 cm³/mol. The molecule has 0 bridgehead atoms. The Morgan fingerprint density at radius 2 is 2.06 bits per heavy atom. The Bertz CT molecular complexity index is 430. The zero-order valence-corrected chi connectivity index (χ0v) is 8.50. The molecular formula is C11H11F2NO2. The molecule has 0 atom stereocenters. The van der Waals surface area contributed by atoms with Crippen LogP contribution in [0.15, 0.2) is 12.1 Å². The molecular weight excluding hydrogens is 216 g/mol. The van der Waals surface area contributed by atoms with Crippen LogP contribution in [-0.4, -0.2) is 12.6 Å². The second-order valence-corrected chi connectivity index (χ2v) is 3.90. The number of nitrogens with two attached hydrogens (primary N) is 1. The zero-order valence-electron chi connectivity index (χ0n) is 8.50. The average molecular weight is 227 g/mol. The van der Waals surface area contributed by atoms with Crippen molar-refractivity contribution >= 4 is 11.7 Å². The van der Waals surface area contributed by atoms with Gasteiger partial charge in [-0.3, -0.25) is 0 Å². The van der Waals surface area contributed by atoms with Gasteiger partial charge in [-0.1, -0.05) is 0 Å². The lowest BCUT2D eigenvalue weighted by molar-refractivity contribution is 0.0481. The largest absolute Gasteiger partial charge is 0.462 e. The Hall–Kier alpha value is -1.65. The van der Waals surface area contributed by atoms with Crippen LogP contribution in [0.25, 0.3) is 0 Å². The molecule has 1 aromatic carbocycles. The number of halogens is 2. The molecule has 0 aliphatic heterocycles. The Kier molecular flexibility index (Phi) is 2.77. The van der Waals surface area contributed by atoms with E-state index < -0.39 is 17.6 Å². The van der Waals surface area contributed by atoms with Gasteiger partial charge >= 0.3 is 5.97 Å². The fourth-order valence-corrected chi connectivity index (χ4v) is 1.28. The molecule has 2 N–H and O–H groups in total. The lowest BCUT2D eigenvalue weighted by Gasteiger charge is -2.06. The molecule has 5 heteroatoms. The molecule has 86 valence electrons. The smallest absolute Gasteiger partial charge is 0.341 e. The maximum atomic E-state index is 13.2. The Morgan fingerprint density at radius 3 is 2.69 bits per heavy atom. The van der Waals surface area contributed by atoms with Crippen LogP contribution in [0, 0.1) is 17.6 Å². The third-order valence-corrected chi connectivity index (χ3v) is 2.45. The van der Waals surface area contributed by atoms with Crippen LogP contribution in [0.4, 0.5) is 14.5 Å². The van der Waals surface area contributed by atoms with Crippen molar-refractivity contribution in [3.8, 4) is 0 Å². The fraction of sp³-hybridized carbons (Fsp3) is 0.364. The van der Waals surface area contributed by atoms with E-state index in [2.05, 4.69) is 0 Å². The summed E-state index contributed by atoms with van der Waals surface area (Å²) in [5.74, 6) is -2.23. The molecule has 0 heterocycles. The fourth-order valence-electron chi connectivity index (χ4n) is 1.28. The molecule has 1 aliphatic rings. The quantitative estimate of drug-likeness (QED) is 0.635. The summed E-state index contributed by atoms with van der Waals surface area (Å²) in [6.45, 7) is 0.287. The summed E-state index contributed by atoms with van der Waals surface area (Å²) < 4.78 is 30.9. The number of rotatable bonds is 3. The first kappa shape index (κ1) is 10.9. The molecule has 1 saturated carbocycles. The number of anilines is 1. The minimum atomic E-state index is -0.951. The van der Waals surface area contributed by atoms with Crippen LogP contribution in [0.2, 0.25) is 0 Å². The topological polar surface area (TPSA) is 52.3 Å². The van der Waals surface area contributed by atoms with E-state index in [0.29, 0.717) is 12.0 Å². The monoisotopic (exact) mass is 227 g/mol. The van der Waals surface area contributed by atoms with Crippen LogP contribution >= 0.6 is 0 Å². The lowest BCUT2D eigenvalue weighted by Crippen LogP contribution is -2.10. The number of carbonyl (C=O) groups is 1. The van der Waals surface area contributed by atoms with E-state index in [9.17, 15) is 13.6 Å². The van der Waals surface area contributed by atoms with Gasteiger partial charge in [0.05, 0.1) is 17.9 Å². The number of ether oxygens (including phenoxy) is 1. The Morgan fingerprint density at radius 1 is 1.38 bits per heavy atom. The predicted octanol–water partition coefficient (Wildman–Crippen LogP) is 2.11. The molecule has 0 spiro atoms. The number of hydrogen-bond donors (Lipinski definition) is 1. The van der Waals surface area contributed by atoms with Crippen LogP contribution in [0.1, 0.15) is 23.2 Å². The highest BCUT2D eigenvalue weighted by atomic mass is 19.1. The van der Waals surface area contributed by atoms with Crippen molar-refractivity contribution in [2.45, 2.75) is 12.8 Å². The van der Waals surface area contributed by atoms with Gasteiger partial charge in [0.25, 0.3) is 0 Å². The highest BCUT2D eigenvalue weighted by molar-refractivity contribution is 5.90. The third kappa shape index (κ3) is 2.29. The van der Waals surface area contributed by atoms with E-state index in [4.69, 9.17) is 10.5 Å². The van der Waals surface area contributed by atoms with E-state index in [1.54, 1.807) is 0 Å². The van der Waals surface area contributed by atoms with Gasteiger partial charge in [0.15, 0.2) is 0 Å². The van der Waals surface area contributed by atoms with Crippen molar-refractivity contribution in [2.24, 2.45) is 5.92 Å².